The van der Waals surface area contributed by atoms with Gasteiger partial charge in [-0.25, -0.2) is 4.79 Å². The number of amides is 1. The molecule has 0 saturated heterocycles. The van der Waals surface area contributed by atoms with E-state index in [2.05, 4.69) is 10.3 Å². The minimum atomic E-state index is -0.924. The van der Waals surface area contributed by atoms with Crippen LogP contribution in [-0.4, -0.2) is 30.1 Å². The zero-order valence-electron chi connectivity index (χ0n) is 17.7. The minimum Gasteiger partial charge on any atom is -0.497 e. The van der Waals surface area contributed by atoms with E-state index in [0.717, 1.165) is 33.5 Å². The van der Waals surface area contributed by atoms with E-state index in [0.29, 0.717) is 18.5 Å². The lowest BCUT2D eigenvalue weighted by molar-refractivity contribution is -0.129. The summed E-state index contributed by atoms with van der Waals surface area (Å²) in [6, 6.07) is 14.9. The molecule has 1 aromatic heterocycles. The number of nitrogens with one attached hydrogen (secondary N) is 1. The molecule has 1 N–H and O–H groups in total. The van der Waals surface area contributed by atoms with Crippen molar-refractivity contribution in [3.8, 4) is 5.75 Å². The molecule has 1 atom stereocenters. The lowest BCUT2D eigenvalue weighted by Gasteiger charge is -2.17. The van der Waals surface area contributed by atoms with Gasteiger partial charge < -0.3 is 14.8 Å². The fraction of sp³-hybridized carbons (Fsp3) is 0.292. The van der Waals surface area contributed by atoms with Gasteiger partial charge in [0.25, 0.3) is 5.91 Å². The smallest absolute Gasteiger partial charge is 0.339 e. The van der Waals surface area contributed by atoms with Crippen molar-refractivity contribution in [1.29, 1.82) is 0 Å². The monoisotopic (exact) mass is 406 g/mol. The molecule has 6 nitrogen and oxygen atoms in total. The van der Waals surface area contributed by atoms with Crippen LogP contribution in [0.4, 0.5) is 0 Å². The number of para-hydroxylation sites is 1. The summed E-state index contributed by atoms with van der Waals surface area (Å²) in [5.41, 5.74) is 3.76. The zero-order valence-corrected chi connectivity index (χ0v) is 17.7. The van der Waals surface area contributed by atoms with Crippen LogP contribution in [0.5, 0.6) is 5.75 Å². The molecule has 6 heteroatoms. The van der Waals surface area contributed by atoms with Crippen molar-refractivity contribution in [2.24, 2.45) is 0 Å². The van der Waals surface area contributed by atoms with Crippen LogP contribution in [0.3, 0.4) is 0 Å². The van der Waals surface area contributed by atoms with Crippen LogP contribution < -0.4 is 10.1 Å². The van der Waals surface area contributed by atoms with Gasteiger partial charge >= 0.3 is 5.97 Å². The molecule has 0 fully saturated rings. The third kappa shape index (κ3) is 4.59. The predicted molar refractivity (Wildman–Crippen MR) is 116 cm³/mol. The van der Waals surface area contributed by atoms with Crippen LogP contribution in [0.2, 0.25) is 0 Å². The molecule has 30 heavy (non-hydrogen) atoms. The molecule has 0 aliphatic carbocycles. The van der Waals surface area contributed by atoms with Crippen molar-refractivity contribution in [2.45, 2.75) is 39.8 Å². The number of carbonyl (C=O) groups excluding carboxylic acids is 2. The number of carbonyl (C=O) groups is 2. The summed E-state index contributed by atoms with van der Waals surface area (Å²) in [5, 5.41) is 3.52. The Morgan fingerprint density at radius 1 is 1.10 bits per heavy atom. The number of aromatic nitrogens is 1. The summed E-state index contributed by atoms with van der Waals surface area (Å²) in [4.78, 5) is 30.0. The van der Waals surface area contributed by atoms with E-state index in [9.17, 15) is 9.59 Å². The summed E-state index contributed by atoms with van der Waals surface area (Å²) in [6.07, 6.45) is -0.221. The SMILES string of the molecule is CCc1nc2ccccc2c(C(=O)O[C@@H](C)C(=O)NCc2ccc(OC)cc2)c1C. The third-order valence-corrected chi connectivity index (χ3v) is 5.05. The highest BCUT2D eigenvalue weighted by Crippen LogP contribution is 2.24. The van der Waals surface area contributed by atoms with Gasteiger partial charge in [-0.3, -0.25) is 9.78 Å². The number of ether oxygens (including phenoxy) is 2. The molecule has 0 bridgehead atoms. The summed E-state index contributed by atoms with van der Waals surface area (Å²) >= 11 is 0. The highest BCUT2D eigenvalue weighted by molar-refractivity contribution is 6.05. The highest BCUT2D eigenvalue weighted by atomic mass is 16.5. The van der Waals surface area contributed by atoms with Crippen molar-refractivity contribution in [3.05, 3.63) is 70.9 Å². The van der Waals surface area contributed by atoms with Gasteiger partial charge in [-0.05, 0) is 49.6 Å². The largest absolute Gasteiger partial charge is 0.497 e. The molecule has 0 saturated carbocycles. The second kappa shape index (κ2) is 9.39. The van der Waals surface area contributed by atoms with E-state index in [1.807, 2.05) is 62.4 Å². The van der Waals surface area contributed by atoms with Gasteiger partial charge in [-0.1, -0.05) is 37.3 Å². The number of aryl methyl sites for hydroxylation is 1. The molecule has 0 aliphatic rings. The number of nitrogens with zero attached hydrogens (tertiary/aromatic N) is 1. The van der Waals surface area contributed by atoms with Gasteiger partial charge in [-0.15, -0.1) is 0 Å². The molecule has 0 unspecified atom stereocenters. The number of rotatable bonds is 7. The normalized spacial score (nSPS) is 11.7. The Kier molecular flexibility index (Phi) is 6.67. The fourth-order valence-corrected chi connectivity index (χ4v) is 3.31. The van der Waals surface area contributed by atoms with Crippen LogP contribution in [0.25, 0.3) is 10.9 Å². The van der Waals surface area contributed by atoms with Crippen molar-refractivity contribution >= 4 is 22.8 Å². The van der Waals surface area contributed by atoms with Crippen molar-refractivity contribution in [2.75, 3.05) is 7.11 Å². The van der Waals surface area contributed by atoms with Gasteiger partial charge in [0, 0.05) is 17.6 Å². The first-order valence-electron chi connectivity index (χ1n) is 9.94. The lowest BCUT2D eigenvalue weighted by atomic mass is 10.0. The van der Waals surface area contributed by atoms with Gasteiger partial charge in [0.05, 0.1) is 18.2 Å². The minimum absolute atomic E-state index is 0.335. The summed E-state index contributed by atoms with van der Waals surface area (Å²) in [7, 11) is 1.60. The van der Waals surface area contributed by atoms with Crippen LogP contribution in [0, 0.1) is 6.92 Å². The number of benzene rings is 2. The number of pyridine rings is 1. The van der Waals surface area contributed by atoms with Crippen LogP contribution in [0.1, 0.15) is 41.0 Å². The first-order chi connectivity index (χ1) is 14.4. The van der Waals surface area contributed by atoms with Gasteiger partial charge in [-0.2, -0.15) is 0 Å². The molecule has 0 spiro atoms. The Bertz CT molecular complexity index is 1060. The first kappa shape index (κ1) is 21.3. The van der Waals surface area contributed by atoms with E-state index in [4.69, 9.17) is 9.47 Å². The maximum Gasteiger partial charge on any atom is 0.339 e. The quantitative estimate of drug-likeness (QED) is 0.601. The van der Waals surface area contributed by atoms with E-state index >= 15 is 0 Å². The average Bonchev–Trinajstić information content (AvgIpc) is 2.77. The molecule has 3 rings (SSSR count). The molecular formula is C24H26N2O4. The molecule has 1 amide bonds. The Labute approximate surface area is 176 Å². The van der Waals surface area contributed by atoms with Crippen LogP contribution >= 0.6 is 0 Å². The van der Waals surface area contributed by atoms with E-state index in [-0.39, 0.29) is 5.91 Å². The van der Waals surface area contributed by atoms with Crippen molar-refractivity contribution < 1.29 is 19.1 Å². The Morgan fingerprint density at radius 3 is 2.47 bits per heavy atom. The Morgan fingerprint density at radius 2 is 1.80 bits per heavy atom. The van der Waals surface area contributed by atoms with Crippen molar-refractivity contribution in [3.63, 3.8) is 0 Å². The molecule has 0 aliphatic heterocycles. The van der Waals surface area contributed by atoms with Crippen molar-refractivity contribution in [1.82, 2.24) is 10.3 Å². The summed E-state index contributed by atoms with van der Waals surface area (Å²) < 4.78 is 10.6. The topological polar surface area (TPSA) is 77.5 Å². The predicted octanol–water partition coefficient (Wildman–Crippen LogP) is 3.98. The Hall–Kier alpha value is -3.41. The van der Waals surface area contributed by atoms with E-state index in [1.165, 1.54) is 0 Å². The number of methoxy groups -OCH3 is 1. The average molecular weight is 406 g/mol. The fourth-order valence-electron chi connectivity index (χ4n) is 3.31. The summed E-state index contributed by atoms with van der Waals surface area (Å²) in [6.45, 7) is 5.76. The number of hydrogen-bond acceptors (Lipinski definition) is 5. The van der Waals surface area contributed by atoms with Gasteiger partial charge in [0.2, 0.25) is 0 Å². The molecule has 156 valence electrons. The van der Waals surface area contributed by atoms with Gasteiger partial charge in [0.1, 0.15) is 5.75 Å². The molecule has 0 radical (unpaired) electrons. The molecule has 3 aromatic rings. The number of hydrogen-bond donors (Lipinski definition) is 1. The Balaban J connectivity index is 1.72. The summed E-state index contributed by atoms with van der Waals surface area (Å²) in [5.74, 6) is -0.127. The maximum atomic E-state index is 13.0. The number of esters is 1. The second-order valence-corrected chi connectivity index (χ2v) is 7.04. The third-order valence-electron chi connectivity index (χ3n) is 5.05. The molecule has 2 aromatic carbocycles. The second-order valence-electron chi connectivity index (χ2n) is 7.04. The van der Waals surface area contributed by atoms with Gasteiger partial charge in [0.15, 0.2) is 6.10 Å². The van der Waals surface area contributed by atoms with Crippen LogP contribution in [-0.2, 0) is 22.5 Å². The standard InChI is InChI=1S/C24H26N2O4/c1-5-20-15(2)22(19-8-6-7-9-21(19)26-20)24(28)30-16(3)23(27)25-14-17-10-12-18(29-4)13-11-17/h6-13,16H,5,14H2,1-4H3,(H,25,27)/t16-/m0/s1. The first-order valence-corrected chi connectivity index (χ1v) is 9.94. The zero-order chi connectivity index (χ0) is 21.7. The number of fused-ring (bicyclic) bond motifs is 1. The molecular weight excluding hydrogens is 380 g/mol. The molecule has 1 heterocycles. The maximum absolute atomic E-state index is 13.0. The van der Waals surface area contributed by atoms with E-state index < -0.39 is 12.1 Å². The lowest BCUT2D eigenvalue weighted by Crippen LogP contribution is -2.35. The highest BCUT2D eigenvalue weighted by Gasteiger charge is 2.23. The van der Waals surface area contributed by atoms with E-state index in [1.54, 1.807) is 14.0 Å². The van der Waals surface area contributed by atoms with Crippen LogP contribution in [0.15, 0.2) is 48.5 Å².